The average Bonchev–Trinajstić information content (AvgIpc) is 3.30. The van der Waals surface area contributed by atoms with E-state index in [0.717, 1.165) is 22.6 Å². The van der Waals surface area contributed by atoms with E-state index >= 15 is 0 Å². The van der Waals surface area contributed by atoms with E-state index in [4.69, 9.17) is 9.40 Å². The molecule has 30 heavy (non-hydrogen) atoms. The standard InChI is InChI=1S/C24H26N2O3S/c1-3-14-26(22-13-15-30(27,28)17-22)16-23-18(2)29-24(25-23)21-11-9-20(10-12-21)19-7-5-4-6-8-19/h3-12,22H,1,13-17H2,2H3/t22-/m1/s1. The summed E-state index contributed by atoms with van der Waals surface area (Å²) in [4.78, 5) is 6.85. The second-order valence-electron chi connectivity index (χ2n) is 7.74. The number of rotatable bonds is 7. The molecule has 0 amide bonds. The van der Waals surface area contributed by atoms with Gasteiger partial charge < -0.3 is 4.42 Å². The normalized spacial score (nSPS) is 18.0. The first kappa shape index (κ1) is 20.6. The quantitative estimate of drug-likeness (QED) is 0.525. The Balaban J connectivity index is 1.53. The molecule has 1 aliphatic rings. The van der Waals surface area contributed by atoms with Crippen molar-refractivity contribution in [1.82, 2.24) is 9.88 Å². The maximum absolute atomic E-state index is 11.9. The van der Waals surface area contributed by atoms with E-state index in [0.29, 0.717) is 25.4 Å². The van der Waals surface area contributed by atoms with Gasteiger partial charge in [-0.2, -0.15) is 0 Å². The summed E-state index contributed by atoms with van der Waals surface area (Å²) in [5.74, 6) is 1.79. The molecule has 1 aromatic heterocycles. The average molecular weight is 423 g/mol. The third-order valence-corrected chi connectivity index (χ3v) is 7.32. The molecule has 0 spiro atoms. The second-order valence-corrected chi connectivity index (χ2v) is 9.97. The molecule has 1 fully saturated rings. The second kappa shape index (κ2) is 8.58. The van der Waals surface area contributed by atoms with Crippen molar-refractivity contribution in [2.45, 2.75) is 25.9 Å². The van der Waals surface area contributed by atoms with Crippen LogP contribution in [0.4, 0.5) is 0 Å². The summed E-state index contributed by atoms with van der Waals surface area (Å²) in [6.45, 7) is 6.89. The molecule has 1 saturated heterocycles. The van der Waals surface area contributed by atoms with Crippen molar-refractivity contribution in [1.29, 1.82) is 0 Å². The van der Waals surface area contributed by atoms with Crippen molar-refractivity contribution >= 4 is 9.84 Å². The predicted octanol–water partition coefficient (Wildman–Crippen LogP) is 4.49. The molecule has 4 rings (SSSR count). The van der Waals surface area contributed by atoms with E-state index in [9.17, 15) is 8.42 Å². The molecular formula is C24H26N2O3S. The molecular weight excluding hydrogens is 396 g/mol. The fourth-order valence-corrected chi connectivity index (χ4v) is 5.66. The van der Waals surface area contributed by atoms with Crippen LogP contribution in [0, 0.1) is 6.92 Å². The molecule has 0 aliphatic carbocycles. The van der Waals surface area contributed by atoms with Crippen LogP contribution in [-0.4, -0.2) is 42.4 Å². The van der Waals surface area contributed by atoms with Gasteiger partial charge >= 0.3 is 0 Å². The van der Waals surface area contributed by atoms with E-state index in [-0.39, 0.29) is 17.5 Å². The highest BCUT2D eigenvalue weighted by Gasteiger charge is 2.32. The van der Waals surface area contributed by atoms with Crippen LogP contribution < -0.4 is 0 Å². The highest BCUT2D eigenvalue weighted by molar-refractivity contribution is 7.91. The fraction of sp³-hybridized carbons (Fsp3) is 0.292. The van der Waals surface area contributed by atoms with E-state index in [2.05, 4.69) is 35.7 Å². The molecule has 1 atom stereocenters. The SMILES string of the molecule is C=CCN(Cc1nc(-c2ccc(-c3ccccc3)cc2)oc1C)[C@@H]1CCS(=O)(=O)C1. The largest absolute Gasteiger partial charge is 0.441 e. The molecule has 0 N–H and O–H groups in total. The first-order valence-electron chi connectivity index (χ1n) is 10.1. The maximum atomic E-state index is 11.9. The summed E-state index contributed by atoms with van der Waals surface area (Å²) in [5, 5.41) is 0. The van der Waals surface area contributed by atoms with Crippen molar-refractivity contribution in [3.05, 3.63) is 78.7 Å². The number of benzene rings is 2. The smallest absolute Gasteiger partial charge is 0.226 e. The number of nitrogens with zero attached hydrogens (tertiary/aromatic N) is 2. The van der Waals surface area contributed by atoms with Gasteiger partial charge in [-0.25, -0.2) is 13.4 Å². The van der Waals surface area contributed by atoms with Crippen molar-refractivity contribution in [2.75, 3.05) is 18.1 Å². The van der Waals surface area contributed by atoms with E-state index in [1.165, 1.54) is 5.56 Å². The highest BCUT2D eigenvalue weighted by Crippen LogP contribution is 2.27. The molecule has 0 radical (unpaired) electrons. The lowest BCUT2D eigenvalue weighted by molar-refractivity contribution is 0.223. The fourth-order valence-electron chi connectivity index (χ4n) is 3.90. The van der Waals surface area contributed by atoms with Gasteiger partial charge in [-0.1, -0.05) is 48.5 Å². The zero-order valence-electron chi connectivity index (χ0n) is 17.1. The number of sulfone groups is 1. The molecule has 2 heterocycles. The number of aromatic nitrogens is 1. The lowest BCUT2D eigenvalue weighted by Crippen LogP contribution is -2.36. The van der Waals surface area contributed by atoms with Gasteiger partial charge in [0, 0.05) is 24.7 Å². The molecule has 0 bridgehead atoms. The third kappa shape index (κ3) is 4.55. The highest BCUT2D eigenvalue weighted by atomic mass is 32.2. The van der Waals surface area contributed by atoms with Crippen LogP contribution in [0.2, 0.25) is 0 Å². The lowest BCUT2D eigenvalue weighted by Gasteiger charge is -2.25. The molecule has 1 aliphatic heterocycles. The summed E-state index contributed by atoms with van der Waals surface area (Å²) in [6.07, 6.45) is 2.46. The van der Waals surface area contributed by atoms with Crippen molar-refractivity contribution in [2.24, 2.45) is 0 Å². The van der Waals surface area contributed by atoms with Gasteiger partial charge in [0.1, 0.15) is 5.76 Å². The molecule has 0 saturated carbocycles. The summed E-state index contributed by atoms with van der Waals surface area (Å²) in [6, 6.07) is 18.4. The minimum Gasteiger partial charge on any atom is -0.441 e. The van der Waals surface area contributed by atoms with Gasteiger partial charge in [0.15, 0.2) is 9.84 Å². The molecule has 6 heteroatoms. The summed E-state index contributed by atoms with van der Waals surface area (Å²) in [7, 11) is -2.95. The van der Waals surface area contributed by atoms with Gasteiger partial charge in [-0.05, 0) is 36.6 Å². The summed E-state index contributed by atoms with van der Waals surface area (Å²) >= 11 is 0. The van der Waals surface area contributed by atoms with Crippen LogP contribution in [0.25, 0.3) is 22.6 Å². The molecule has 0 unspecified atom stereocenters. The number of oxazole rings is 1. The first-order valence-corrected chi connectivity index (χ1v) is 11.9. The van der Waals surface area contributed by atoms with Crippen LogP contribution in [-0.2, 0) is 16.4 Å². The van der Waals surface area contributed by atoms with E-state index in [1.54, 1.807) is 0 Å². The predicted molar refractivity (Wildman–Crippen MR) is 120 cm³/mol. The Labute approximate surface area is 178 Å². The Morgan fingerprint density at radius 1 is 1.10 bits per heavy atom. The Hall–Kier alpha value is -2.70. The third-order valence-electron chi connectivity index (χ3n) is 5.57. The number of hydrogen-bond donors (Lipinski definition) is 0. The minimum absolute atomic E-state index is 0.00212. The van der Waals surface area contributed by atoms with E-state index in [1.807, 2.05) is 43.3 Å². The molecule has 5 nitrogen and oxygen atoms in total. The monoisotopic (exact) mass is 422 g/mol. The maximum Gasteiger partial charge on any atom is 0.226 e. The molecule has 2 aromatic carbocycles. The zero-order valence-corrected chi connectivity index (χ0v) is 17.9. The number of aryl methyl sites for hydroxylation is 1. The van der Waals surface area contributed by atoms with Gasteiger partial charge in [0.05, 0.1) is 17.2 Å². The van der Waals surface area contributed by atoms with Crippen molar-refractivity contribution in [3.63, 3.8) is 0 Å². The van der Waals surface area contributed by atoms with Crippen LogP contribution in [0.15, 0.2) is 71.7 Å². The first-order chi connectivity index (χ1) is 14.4. The Bertz CT molecular complexity index is 1120. The van der Waals surface area contributed by atoms with Crippen LogP contribution in [0.1, 0.15) is 17.9 Å². The van der Waals surface area contributed by atoms with Crippen LogP contribution in [0.5, 0.6) is 0 Å². The van der Waals surface area contributed by atoms with Crippen LogP contribution >= 0.6 is 0 Å². The van der Waals surface area contributed by atoms with Gasteiger partial charge in [-0.15, -0.1) is 6.58 Å². The Morgan fingerprint density at radius 2 is 1.77 bits per heavy atom. The Morgan fingerprint density at radius 3 is 2.40 bits per heavy atom. The summed E-state index contributed by atoms with van der Waals surface area (Å²) in [5.41, 5.74) is 4.06. The lowest BCUT2D eigenvalue weighted by atomic mass is 10.0. The summed E-state index contributed by atoms with van der Waals surface area (Å²) < 4.78 is 29.8. The topological polar surface area (TPSA) is 63.4 Å². The number of hydrogen-bond acceptors (Lipinski definition) is 5. The van der Waals surface area contributed by atoms with Gasteiger partial charge in [0.25, 0.3) is 0 Å². The van der Waals surface area contributed by atoms with E-state index < -0.39 is 9.84 Å². The zero-order chi connectivity index (χ0) is 21.1. The van der Waals surface area contributed by atoms with Crippen molar-refractivity contribution < 1.29 is 12.8 Å². The Kier molecular flexibility index (Phi) is 5.88. The van der Waals surface area contributed by atoms with Gasteiger partial charge in [-0.3, -0.25) is 4.90 Å². The van der Waals surface area contributed by atoms with Crippen LogP contribution in [0.3, 0.4) is 0 Å². The molecule has 156 valence electrons. The molecule has 3 aromatic rings. The van der Waals surface area contributed by atoms with Gasteiger partial charge in [0.2, 0.25) is 5.89 Å². The minimum atomic E-state index is -2.95. The van der Waals surface area contributed by atoms with Crippen molar-refractivity contribution in [3.8, 4) is 22.6 Å².